The van der Waals surface area contributed by atoms with Crippen LogP contribution in [-0.2, 0) is 30.3 Å². The SMILES string of the molecule is CCOC(=O)COc1ccc(CC(C)NC(=O)C(OC(C)=O)c2cc(Cl)c(N)c(Cl)n2)cc1. The Labute approximate surface area is 201 Å². The van der Waals surface area contributed by atoms with Crippen LogP contribution in [0.15, 0.2) is 30.3 Å². The lowest BCUT2D eigenvalue weighted by atomic mass is 10.1. The molecule has 1 aromatic carbocycles. The Bertz CT molecular complexity index is 977. The van der Waals surface area contributed by atoms with Gasteiger partial charge in [0.2, 0.25) is 6.10 Å². The van der Waals surface area contributed by atoms with Crippen LogP contribution in [0.2, 0.25) is 10.2 Å². The van der Waals surface area contributed by atoms with E-state index < -0.39 is 23.9 Å². The predicted octanol–water partition coefficient (Wildman–Crippen LogP) is 3.26. The zero-order valence-corrected chi connectivity index (χ0v) is 19.9. The van der Waals surface area contributed by atoms with Gasteiger partial charge in [-0.05, 0) is 44.0 Å². The smallest absolute Gasteiger partial charge is 0.344 e. The number of benzene rings is 1. The van der Waals surface area contributed by atoms with E-state index in [9.17, 15) is 14.4 Å². The van der Waals surface area contributed by atoms with Crippen LogP contribution in [0.25, 0.3) is 0 Å². The number of nitrogens with two attached hydrogens (primary N) is 1. The molecule has 33 heavy (non-hydrogen) atoms. The van der Waals surface area contributed by atoms with Crippen LogP contribution in [0.1, 0.15) is 38.1 Å². The molecular formula is C22H25Cl2N3O6. The van der Waals surface area contributed by atoms with Gasteiger partial charge in [-0.25, -0.2) is 9.78 Å². The Morgan fingerprint density at radius 2 is 1.85 bits per heavy atom. The zero-order chi connectivity index (χ0) is 24.5. The summed E-state index contributed by atoms with van der Waals surface area (Å²) in [5.41, 5.74) is 6.72. The minimum absolute atomic E-state index is 0.0576. The largest absolute Gasteiger partial charge is 0.482 e. The first-order chi connectivity index (χ1) is 15.6. The molecule has 0 radical (unpaired) electrons. The van der Waals surface area contributed by atoms with Crippen molar-refractivity contribution in [2.24, 2.45) is 0 Å². The third-order valence-electron chi connectivity index (χ3n) is 4.29. The molecule has 0 aliphatic rings. The molecule has 1 amide bonds. The quantitative estimate of drug-likeness (QED) is 0.377. The normalized spacial score (nSPS) is 12.4. The molecule has 2 rings (SSSR count). The summed E-state index contributed by atoms with van der Waals surface area (Å²) in [6.45, 7) is 4.81. The molecule has 3 N–H and O–H groups in total. The topological polar surface area (TPSA) is 130 Å². The van der Waals surface area contributed by atoms with Crippen LogP contribution >= 0.6 is 23.2 Å². The first-order valence-electron chi connectivity index (χ1n) is 10.1. The van der Waals surface area contributed by atoms with Crippen LogP contribution < -0.4 is 15.8 Å². The fraction of sp³-hybridized carbons (Fsp3) is 0.364. The van der Waals surface area contributed by atoms with Crippen molar-refractivity contribution in [2.45, 2.75) is 39.3 Å². The van der Waals surface area contributed by atoms with Crippen molar-refractivity contribution in [2.75, 3.05) is 18.9 Å². The molecule has 1 heterocycles. The highest BCUT2D eigenvalue weighted by Crippen LogP contribution is 2.29. The molecular weight excluding hydrogens is 473 g/mol. The van der Waals surface area contributed by atoms with Gasteiger partial charge in [-0.1, -0.05) is 35.3 Å². The molecule has 0 saturated carbocycles. The summed E-state index contributed by atoms with van der Waals surface area (Å²) in [7, 11) is 0. The lowest BCUT2D eigenvalue weighted by molar-refractivity contribution is -0.154. The number of esters is 2. The molecule has 0 aliphatic heterocycles. The number of halogens is 2. The van der Waals surface area contributed by atoms with E-state index >= 15 is 0 Å². The number of rotatable bonds is 10. The number of anilines is 1. The monoisotopic (exact) mass is 497 g/mol. The number of nitrogen functional groups attached to an aromatic ring is 1. The Kier molecular flexibility index (Phi) is 9.74. The Morgan fingerprint density at radius 1 is 1.18 bits per heavy atom. The molecule has 11 heteroatoms. The second kappa shape index (κ2) is 12.3. The van der Waals surface area contributed by atoms with Crippen LogP contribution in [0.5, 0.6) is 5.75 Å². The molecule has 2 unspecified atom stereocenters. The molecule has 0 aliphatic carbocycles. The number of amides is 1. The third-order valence-corrected chi connectivity index (χ3v) is 4.89. The van der Waals surface area contributed by atoms with Gasteiger partial charge in [-0.15, -0.1) is 0 Å². The lowest BCUT2D eigenvalue weighted by Gasteiger charge is -2.20. The maximum Gasteiger partial charge on any atom is 0.344 e. The maximum absolute atomic E-state index is 12.8. The Hall–Kier alpha value is -3.04. The minimum Gasteiger partial charge on any atom is -0.482 e. The summed E-state index contributed by atoms with van der Waals surface area (Å²) in [5, 5.41) is 2.78. The molecule has 2 atom stereocenters. The van der Waals surface area contributed by atoms with Crippen molar-refractivity contribution in [1.29, 1.82) is 0 Å². The van der Waals surface area contributed by atoms with Crippen LogP contribution in [-0.4, -0.2) is 42.1 Å². The highest BCUT2D eigenvalue weighted by molar-refractivity contribution is 6.38. The Morgan fingerprint density at radius 3 is 2.42 bits per heavy atom. The average Bonchev–Trinajstić information content (AvgIpc) is 2.75. The average molecular weight is 498 g/mol. The van der Waals surface area contributed by atoms with Crippen LogP contribution in [0, 0.1) is 0 Å². The summed E-state index contributed by atoms with van der Waals surface area (Å²) in [4.78, 5) is 39.8. The number of carbonyl (C=O) groups is 3. The van der Waals surface area contributed by atoms with Crippen molar-refractivity contribution in [1.82, 2.24) is 10.3 Å². The number of nitrogens with zero attached hydrogens (tertiary/aromatic N) is 1. The van der Waals surface area contributed by atoms with E-state index in [-0.39, 0.29) is 40.8 Å². The van der Waals surface area contributed by atoms with Gasteiger partial charge in [0, 0.05) is 13.0 Å². The number of nitrogens with one attached hydrogen (secondary N) is 1. The highest BCUT2D eigenvalue weighted by Gasteiger charge is 2.28. The molecule has 1 aromatic heterocycles. The maximum atomic E-state index is 12.8. The summed E-state index contributed by atoms with van der Waals surface area (Å²) in [6, 6.07) is 8.07. The van der Waals surface area contributed by atoms with E-state index in [1.54, 1.807) is 26.0 Å². The molecule has 0 fully saturated rings. The number of ether oxygens (including phenoxy) is 3. The summed E-state index contributed by atoms with van der Waals surface area (Å²) in [5.74, 6) is -1.19. The number of carbonyl (C=O) groups excluding carboxylic acids is 3. The third kappa shape index (κ3) is 8.11. The van der Waals surface area contributed by atoms with E-state index in [2.05, 4.69) is 10.3 Å². The number of pyridine rings is 1. The minimum atomic E-state index is -1.35. The fourth-order valence-corrected chi connectivity index (χ4v) is 3.30. The van der Waals surface area contributed by atoms with E-state index in [1.807, 2.05) is 12.1 Å². The summed E-state index contributed by atoms with van der Waals surface area (Å²) >= 11 is 12.0. The first kappa shape index (κ1) is 26.2. The molecule has 9 nitrogen and oxygen atoms in total. The molecule has 0 spiro atoms. The number of hydrogen-bond donors (Lipinski definition) is 2. The standard InChI is InChI=1S/C22H25Cl2N3O6/c1-4-31-18(29)11-32-15-7-5-14(6-8-15)9-12(2)26-22(30)20(33-13(3)28)17-10-16(23)19(25)21(24)27-17/h5-8,10,12,20H,4,9,11,25H2,1-3H3,(H,26,30). The predicted molar refractivity (Wildman–Crippen MR) is 123 cm³/mol. The van der Waals surface area contributed by atoms with Crippen LogP contribution in [0.4, 0.5) is 5.69 Å². The second-order valence-electron chi connectivity index (χ2n) is 7.07. The van der Waals surface area contributed by atoms with Gasteiger partial charge < -0.3 is 25.3 Å². The van der Waals surface area contributed by atoms with Crippen molar-refractivity contribution in [3.63, 3.8) is 0 Å². The van der Waals surface area contributed by atoms with E-state index in [4.69, 9.17) is 43.1 Å². The van der Waals surface area contributed by atoms with Gasteiger partial charge in [-0.3, -0.25) is 9.59 Å². The zero-order valence-electron chi connectivity index (χ0n) is 18.4. The summed E-state index contributed by atoms with van der Waals surface area (Å²) in [6.07, 6.45) is -0.868. The molecule has 2 aromatic rings. The van der Waals surface area contributed by atoms with Crippen molar-refractivity contribution < 1.29 is 28.6 Å². The highest BCUT2D eigenvalue weighted by atomic mass is 35.5. The van der Waals surface area contributed by atoms with E-state index in [0.717, 1.165) is 5.56 Å². The van der Waals surface area contributed by atoms with Crippen molar-refractivity contribution in [3.05, 3.63) is 51.8 Å². The molecule has 178 valence electrons. The summed E-state index contributed by atoms with van der Waals surface area (Å²) < 4.78 is 15.3. The molecule has 0 saturated heterocycles. The number of hydrogen-bond acceptors (Lipinski definition) is 8. The van der Waals surface area contributed by atoms with Crippen LogP contribution in [0.3, 0.4) is 0 Å². The van der Waals surface area contributed by atoms with Gasteiger partial charge in [0.25, 0.3) is 5.91 Å². The van der Waals surface area contributed by atoms with Gasteiger partial charge in [0.05, 0.1) is 23.0 Å². The van der Waals surface area contributed by atoms with Gasteiger partial charge in [-0.2, -0.15) is 0 Å². The van der Waals surface area contributed by atoms with Gasteiger partial charge in [0.1, 0.15) is 5.75 Å². The van der Waals surface area contributed by atoms with E-state index in [1.165, 1.54) is 13.0 Å². The van der Waals surface area contributed by atoms with Crippen molar-refractivity contribution >= 4 is 46.7 Å². The van der Waals surface area contributed by atoms with E-state index in [0.29, 0.717) is 12.2 Å². The number of aromatic nitrogens is 1. The first-order valence-corrected chi connectivity index (χ1v) is 10.8. The fourth-order valence-electron chi connectivity index (χ4n) is 2.85. The molecule has 0 bridgehead atoms. The second-order valence-corrected chi connectivity index (χ2v) is 7.84. The Balaban J connectivity index is 2.02. The van der Waals surface area contributed by atoms with Crippen molar-refractivity contribution in [3.8, 4) is 5.75 Å². The van der Waals surface area contributed by atoms with Gasteiger partial charge in [0.15, 0.2) is 11.8 Å². The lowest BCUT2D eigenvalue weighted by Crippen LogP contribution is -2.39. The van der Waals surface area contributed by atoms with Gasteiger partial charge >= 0.3 is 11.9 Å².